The molecule has 0 spiro atoms. The summed E-state index contributed by atoms with van der Waals surface area (Å²) in [6, 6.07) is 9.39. The highest BCUT2D eigenvalue weighted by Gasteiger charge is 2.19. The van der Waals surface area contributed by atoms with Gasteiger partial charge in [0.1, 0.15) is 0 Å². The lowest BCUT2D eigenvalue weighted by Crippen LogP contribution is -2.20. The standard InChI is InChI=1S/C16H21NS2/c1-17-15(11-19-13-6-2-3-7-13)14-8-4-5-12-9-10-18-16(12)14/h4-5,8-10,13,15,17H,2-3,6-7,11H2,1H3. The van der Waals surface area contributed by atoms with E-state index in [-0.39, 0.29) is 0 Å². The molecular formula is C16H21NS2. The number of thiophene rings is 1. The maximum Gasteiger partial charge on any atom is 0.0423 e. The van der Waals surface area contributed by atoms with Gasteiger partial charge in [-0.15, -0.1) is 11.3 Å². The van der Waals surface area contributed by atoms with E-state index in [1.54, 1.807) is 0 Å². The van der Waals surface area contributed by atoms with Crippen LogP contribution in [0.3, 0.4) is 0 Å². The van der Waals surface area contributed by atoms with Crippen molar-refractivity contribution in [1.29, 1.82) is 0 Å². The number of fused-ring (bicyclic) bond motifs is 1. The average molecular weight is 291 g/mol. The Bertz CT molecular complexity index is 528. The smallest absolute Gasteiger partial charge is 0.0423 e. The van der Waals surface area contributed by atoms with E-state index in [4.69, 9.17) is 0 Å². The van der Waals surface area contributed by atoms with Crippen molar-refractivity contribution in [3.05, 3.63) is 35.2 Å². The van der Waals surface area contributed by atoms with E-state index in [1.807, 2.05) is 11.3 Å². The summed E-state index contributed by atoms with van der Waals surface area (Å²) in [6.07, 6.45) is 5.71. The molecule has 0 radical (unpaired) electrons. The molecule has 102 valence electrons. The van der Waals surface area contributed by atoms with Gasteiger partial charge in [-0.25, -0.2) is 0 Å². The van der Waals surface area contributed by atoms with Crippen molar-refractivity contribution in [1.82, 2.24) is 5.32 Å². The largest absolute Gasteiger partial charge is 0.312 e. The van der Waals surface area contributed by atoms with Crippen LogP contribution in [0.4, 0.5) is 0 Å². The molecule has 19 heavy (non-hydrogen) atoms. The average Bonchev–Trinajstić information content (AvgIpc) is 3.10. The molecule has 1 aliphatic carbocycles. The minimum absolute atomic E-state index is 0.480. The third-order valence-corrected chi connectivity index (χ3v) is 6.48. The first-order valence-electron chi connectivity index (χ1n) is 7.13. The van der Waals surface area contributed by atoms with Gasteiger partial charge in [-0.05, 0) is 42.3 Å². The number of rotatable bonds is 5. The van der Waals surface area contributed by atoms with Crippen molar-refractivity contribution in [3.63, 3.8) is 0 Å². The molecule has 1 aromatic heterocycles. The zero-order valence-electron chi connectivity index (χ0n) is 11.4. The second-order valence-corrected chi connectivity index (χ2v) is 7.52. The van der Waals surface area contributed by atoms with Gasteiger partial charge < -0.3 is 5.32 Å². The predicted molar refractivity (Wildman–Crippen MR) is 88.3 cm³/mol. The Hall–Kier alpha value is -0.510. The topological polar surface area (TPSA) is 12.0 Å². The zero-order valence-corrected chi connectivity index (χ0v) is 13.0. The van der Waals surface area contributed by atoms with Crippen LogP contribution < -0.4 is 5.32 Å². The first-order valence-corrected chi connectivity index (χ1v) is 9.06. The van der Waals surface area contributed by atoms with E-state index in [1.165, 1.54) is 47.1 Å². The zero-order chi connectivity index (χ0) is 13.1. The number of benzene rings is 1. The highest BCUT2D eigenvalue weighted by molar-refractivity contribution is 7.99. The molecule has 3 heteroatoms. The highest BCUT2D eigenvalue weighted by atomic mass is 32.2. The first kappa shape index (κ1) is 13.5. The summed E-state index contributed by atoms with van der Waals surface area (Å²) in [5.41, 5.74) is 1.47. The van der Waals surface area contributed by atoms with E-state index in [9.17, 15) is 0 Å². The minimum atomic E-state index is 0.480. The van der Waals surface area contributed by atoms with Gasteiger partial charge in [-0.1, -0.05) is 31.0 Å². The number of nitrogens with one attached hydrogen (secondary N) is 1. The summed E-state index contributed by atoms with van der Waals surface area (Å²) < 4.78 is 1.45. The van der Waals surface area contributed by atoms with Gasteiger partial charge in [0, 0.05) is 21.7 Å². The lowest BCUT2D eigenvalue weighted by molar-refractivity contribution is 0.665. The van der Waals surface area contributed by atoms with Gasteiger partial charge in [0.15, 0.2) is 0 Å². The van der Waals surface area contributed by atoms with Crippen LogP contribution in [0.2, 0.25) is 0 Å². The van der Waals surface area contributed by atoms with Crippen molar-refractivity contribution < 1.29 is 0 Å². The van der Waals surface area contributed by atoms with Crippen LogP contribution in [0.25, 0.3) is 10.1 Å². The molecule has 1 N–H and O–H groups in total. The van der Waals surface area contributed by atoms with Crippen molar-refractivity contribution in [2.75, 3.05) is 12.8 Å². The third kappa shape index (κ3) is 2.99. The molecule has 1 unspecified atom stereocenters. The van der Waals surface area contributed by atoms with E-state index in [0.717, 1.165) is 5.25 Å². The van der Waals surface area contributed by atoms with Gasteiger partial charge in [0.05, 0.1) is 0 Å². The molecule has 0 amide bonds. The fraction of sp³-hybridized carbons (Fsp3) is 0.500. The van der Waals surface area contributed by atoms with Gasteiger partial charge in [-0.2, -0.15) is 11.8 Å². The second-order valence-electron chi connectivity index (χ2n) is 5.27. The SMILES string of the molecule is CNC(CSC1CCCC1)c1cccc2ccsc12. The normalized spacial score (nSPS) is 18.2. The van der Waals surface area contributed by atoms with E-state index in [2.05, 4.69) is 53.8 Å². The Morgan fingerprint density at radius 1 is 1.32 bits per heavy atom. The molecule has 1 atom stereocenters. The van der Waals surface area contributed by atoms with E-state index < -0.39 is 0 Å². The lowest BCUT2D eigenvalue weighted by Gasteiger charge is -2.19. The summed E-state index contributed by atoms with van der Waals surface area (Å²) in [5, 5.41) is 7.99. The van der Waals surface area contributed by atoms with Crippen LogP contribution >= 0.6 is 23.1 Å². The number of hydrogen-bond donors (Lipinski definition) is 1. The van der Waals surface area contributed by atoms with Crippen molar-refractivity contribution in [2.24, 2.45) is 0 Å². The van der Waals surface area contributed by atoms with Crippen molar-refractivity contribution >= 4 is 33.2 Å². The van der Waals surface area contributed by atoms with Gasteiger partial charge in [0.2, 0.25) is 0 Å². The summed E-state index contributed by atoms with van der Waals surface area (Å²) in [4.78, 5) is 0. The number of thioether (sulfide) groups is 1. The molecule has 0 aliphatic heterocycles. The fourth-order valence-corrected chi connectivity index (χ4v) is 5.35. The summed E-state index contributed by atoms with van der Waals surface area (Å²) in [7, 11) is 2.09. The molecule has 1 fully saturated rings. The van der Waals surface area contributed by atoms with Crippen molar-refractivity contribution in [3.8, 4) is 0 Å². The Morgan fingerprint density at radius 2 is 2.16 bits per heavy atom. The molecule has 3 rings (SSSR count). The van der Waals surface area contributed by atoms with Crippen LogP contribution in [0.1, 0.15) is 37.3 Å². The first-order chi connectivity index (χ1) is 9.38. The number of hydrogen-bond acceptors (Lipinski definition) is 3. The van der Waals surface area contributed by atoms with E-state index in [0.29, 0.717) is 6.04 Å². The molecule has 1 heterocycles. The van der Waals surface area contributed by atoms with Crippen LogP contribution in [0.15, 0.2) is 29.6 Å². The molecule has 1 aliphatic rings. The van der Waals surface area contributed by atoms with Gasteiger partial charge >= 0.3 is 0 Å². The van der Waals surface area contributed by atoms with Crippen LogP contribution in [-0.4, -0.2) is 18.1 Å². The van der Waals surface area contributed by atoms with E-state index >= 15 is 0 Å². The molecule has 0 bridgehead atoms. The summed E-state index contributed by atoms with van der Waals surface area (Å²) in [5.74, 6) is 1.19. The quantitative estimate of drug-likeness (QED) is 0.846. The predicted octanol–water partition coefficient (Wildman–Crippen LogP) is 4.84. The fourth-order valence-electron chi connectivity index (χ4n) is 2.91. The molecule has 0 saturated heterocycles. The summed E-state index contributed by atoms with van der Waals surface area (Å²) >= 11 is 4.03. The minimum Gasteiger partial charge on any atom is -0.312 e. The van der Waals surface area contributed by atoms with Gasteiger partial charge in [0.25, 0.3) is 0 Å². The molecule has 1 nitrogen and oxygen atoms in total. The highest BCUT2D eigenvalue weighted by Crippen LogP contribution is 2.34. The van der Waals surface area contributed by atoms with Crippen LogP contribution in [0.5, 0.6) is 0 Å². The van der Waals surface area contributed by atoms with Gasteiger partial charge in [-0.3, -0.25) is 0 Å². The monoisotopic (exact) mass is 291 g/mol. The Morgan fingerprint density at radius 3 is 2.95 bits per heavy atom. The Labute approximate surface area is 123 Å². The molecular weight excluding hydrogens is 270 g/mol. The summed E-state index contributed by atoms with van der Waals surface area (Å²) in [6.45, 7) is 0. The maximum atomic E-state index is 3.51. The lowest BCUT2D eigenvalue weighted by atomic mass is 10.1. The van der Waals surface area contributed by atoms with Crippen LogP contribution in [-0.2, 0) is 0 Å². The molecule has 1 aromatic carbocycles. The molecule has 1 saturated carbocycles. The second kappa shape index (κ2) is 6.29. The Kier molecular flexibility index (Phi) is 4.46. The third-order valence-electron chi connectivity index (χ3n) is 4.03. The van der Waals surface area contributed by atoms with Crippen molar-refractivity contribution in [2.45, 2.75) is 37.0 Å². The van der Waals surface area contributed by atoms with Crippen LogP contribution in [0, 0.1) is 0 Å². The maximum absolute atomic E-state index is 3.51. The molecule has 2 aromatic rings. The Balaban J connectivity index is 1.75.